The van der Waals surface area contributed by atoms with Gasteiger partial charge in [0, 0.05) is 30.1 Å². The highest BCUT2D eigenvalue weighted by Crippen LogP contribution is 2.05. The molecule has 0 aliphatic rings. The van der Waals surface area contributed by atoms with Crippen molar-refractivity contribution in [1.29, 1.82) is 0 Å². The highest BCUT2D eigenvalue weighted by atomic mass is 32.1. The molecular weight excluding hydrogens is 214 g/mol. The first-order chi connectivity index (χ1) is 7.84. The molecule has 16 heavy (non-hydrogen) atoms. The first-order valence-corrected chi connectivity index (χ1v) is 5.70. The minimum absolute atomic E-state index is 0.831. The average Bonchev–Trinajstić information content (AvgIpc) is 2.31. The van der Waals surface area contributed by atoms with Crippen LogP contribution in [0.2, 0.25) is 0 Å². The van der Waals surface area contributed by atoms with Gasteiger partial charge in [0.25, 0.3) is 0 Å². The van der Waals surface area contributed by atoms with Crippen molar-refractivity contribution in [2.45, 2.75) is 12.8 Å². The van der Waals surface area contributed by atoms with Gasteiger partial charge >= 0.3 is 0 Å². The third kappa shape index (κ3) is 3.24. The van der Waals surface area contributed by atoms with Gasteiger partial charge in [0.05, 0.1) is 0 Å². The molecule has 2 aromatic rings. The predicted octanol–water partition coefficient (Wildman–Crippen LogP) is 3.24. The fourth-order valence-corrected chi connectivity index (χ4v) is 1.95. The van der Waals surface area contributed by atoms with Gasteiger partial charge in [-0.25, -0.2) is 0 Å². The van der Waals surface area contributed by atoms with Crippen LogP contribution in [0.4, 0.5) is 0 Å². The normalized spacial score (nSPS) is 10.0. The molecule has 0 atom stereocenters. The summed E-state index contributed by atoms with van der Waals surface area (Å²) < 4.78 is 0. The lowest BCUT2D eigenvalue weighted by atomic mass is 10.1. The molecular formula is C14H13NS. The molecule has 0 radical (unpaired) electrons. The second kappa shape index (κ2) is 5.52. The van der Waals surface area contributed by atoms with Crippen LogP contribution in [0.25, 0.3) is 0 Å². The molecule has 0 spiro atoms. The SMILES string of the molecule is S=C(Cc1ccccc1)Cc1cccnc1. The molecule has 1 aromatic heterocycles. The van der Waals surface area contributed by atoms with Crippen molar-refractivity contribution >= 4 is 17.1 Å². The van der Waals surface area contributed by atoms with Crippen molar-refractivity contribution in [3.05, 3.63) is 66.0 Å². The molecule has 1 aromatic carbocycles. The van der Waals surface area contributed by atoms with Gasteiger partial charge in [0.2, 0.25) is 0 Å². The van der Waals surface area contributed by atoms with Gasteiger partial charge in [-0.1, -0.05) is 48.6 Å². The monoisotopic (exact) mass is 227 g/mol. The fraction of sp³-hybridized carbons (Fsp3) is 0.143. The lowest BCUT2D eigenvalue weighted by molar-refractivity contribution is 1.20. The van der Waals surface area contributed by atoms with E-state index in [0.29, 0.717) is 0 Å². The second-order valence-corrected chi connectivity index (χ2v) is 4.32. The highest BCUT2D eigenvalue weighted by Gasteiger charge is 2.00. The van der Waals surface area contributed by atoms with Crippen LogP contribution in [-0.4, -0.2) is 9.85 Å². The Bertz CT molecular complexity index is 407. The summed E-state index contributed by atoms with van der Waals surface area (Å²) in [4.78, 5) is 5.14. The third-order valence-electron chi connectivity index (χ3n) is 2.37. The van der Waals surface area contributed by atoms with E-state index in [1.807, 2.05) is 30.5 Å². The number of pyridine rings is 1. The molecule has 0 amide bonds. The Kier molecular flexibility index (Phi) is 3.78. The average molecular weight is 227 g/mol. The van der Waals surface area contributed by atoms with Gasteiger partial charge in [-0.3, -0.25) is 4.98 Å². The van der Waals surface area contributed by atoms with E-state index in [2.05, 4.69) is 23.2 Å². The molecule has 0 saturated carbocycles. The first kappa shape index (κ1) is 11.0. The van der Waals surface area contributed by atoms with E-state index in [4.69, 9.17) is 12.2 Å². The summed E-state index contributed by atoms with van der Waals surface area (Å²) >= 11 is 5.39. The van der Waals surface area contributed by atoms with Crippen LogP contribution < -0.4 is 0 Å². The molecule has 1 nitrogen and oxygen atoms in total. The summed E-state index contributed by atoms with van der Waals surface area (Å²) in [6.45, 7) is 0. The lowest BCUT2D eigenvalue weighted by Crippen LogP contribution is -2.04. The zero-order valence-corrected chi connectivity index (χ0v) is 9.78. The molecule has 2 heteroatoms. The summed E-state index contributed by atoms with van der Waals surface area (Å²) in [5, 5.41) is 0. The van der Waals surface area contributed by atoms with Crippen LogP contribution in [0.5, 0.6) is 0 Å². The Hall–Kier alpha value is -1.54. The molecule has 0 aliphatic heterocycles. The van der Waals surface area contributed by atoms with Crippen LogP contribution >= 0.6 is 12.2 Å². The van der Waals surface area contributed by atoms with Crippen molar-refractivity contribution < 1.29 is 0 Å². The van der Waals surface area contributed by atoms with Crippen LogP contribution in [0.1, 0.15) is 11.1 Å². The van der Waals surface area contributed by atoms with Crippen molar-refractivity contribution in [2.24, 2.45) is 0 Å². The number of hydrogen-bond donors (Lipinski definition) is 0. The molecule has 1 heterocycles. The minimum atomic E-state index is 0.831. The molecule has 0 fully saturated rings. The molecule has 80 valence electrons. The van der Waals surface area contributed by atoms with E-state index in [1.165, 1.54) is 11.1 Å². The van der Waals surface area contributed by atoms with E-state index in [9.17, 15) is 0 Å². The van der Waals surface area contributed by atoms with E-state index in [0.717, 1.165) is 17.7 Å². The molecule has 0 saturated heterocycles. The Morgan fingerprint density at radius 3 is 2.31 bits per heavy atom. The van der Waals surface area contributed by atoms with E-state index < -0.39 is 0 Å². The number of rotatable bonds is 4. The number of thiocarbonyl (C=S) groups is 1. The van der Waals surface area contributed by atoms with Crippen molar-refractivity contribution in [3.8, 4) is 0 Å². The van der Waals surface area contributed by atoms with E-state index in [1.54, 1.807) is 6.20 Å². The Labute approximate surface area is 101 Å². The second-order valence-electron chi connectivity index (χ2n) is 3.74. The van der Waals surface area contributed by atoms with Gasteiger partial charge in [-0.15, -0.1) is 0 Å². The number of aromatic nitrogens is 1. The Morgan fingerprint density at radius 2 is 1.62 bits per heavy atom. The summed E-state index contributed by atoms with van der Waals surface area (Å²) in [5.74, 6) is 0. The molecule has 0 N–H and O–H groups in total. The maximum absolute atomic E-state index is 5.39. The smallest absolute Gasteiger partial charge is 0.0303 e. The van der Waals surface area contributed by atoms with Gasteiger partial charge in [-0.2, -0.15) is 0 Å². The fourth-order valence-electron chi connectivity index (χ4n) is 1.62. The summed E-state index contributed by atoms with van der Waals surface area (Å²) in [6, 6.07) is 14.3. The van der Waals surface area contributed by atoms with Gasteiger partial charge < -0.3 is 0 Å². The van der Waals surface area contributed by atoms with Crippen LogP contribution in [0.15, 0.2) is 54.9 Å². The minimum Gasteiger partial charge on any atom is -0.264 e. The van der Waals surface area contributed by atoms with E-state index >= 15 is 0 Å². The summed E-state index contributed by atoms with van der Waals surface area (Å²) in [6.07, 6.45) is 5.35. The largest absolute Gasteiger partial charge is 0.264 e. The lowest BCUT2D eigenvalue weighted by Gasteiger charge is -2.03. The zero-order chi connectivity index (χ0) is 11.2. The summed E-state index contributed by atoms with van der Waals surface area (Å²) in [5.41, 5.74) is 2.46. The van der Waals surface area contributed by atoms with Crippen LogP contribution in [0, 0.1) is 0 Å². The van der Waals surface area contributed by atoms with E-state index in [-0.39, 0.29) is 0 Å². The number of hydrogen-bond acceptors (Lipinski definition) is 2. The molecule has 0 unspecified atom stereocenters. The Morgan fingerprint density at radius 1 is 0.938 bits per heavy atom. The highest BCUT2D eigenvalue weighted by molar-refractivity contribution is 7.80. The maximum Gasteiger partial charge on any atom is 0.0303 e. The van der Waals surface area contributed by atoms with Gasteiger partial charge in [-0.05, 0) is 17.2 Å². The zero-order valence-electron chi connectivity index (χ0n) is 8.97. The predicted molar refractivity (Wildman–Crippen MR) is 70.7 cm³/mol. The number of nitrogens with zero attached hydrogens (tertiary/aromatic N) is 1. The van der Waals surface area contributed by atoms with Crippen molar-refractivity contribution in [1.82, 2.24) is 4.98 Å². The maximum atomic E-state index is 5.39. The van der Waals surface area contributed by atoms with Crippen molar-refractivity contribution in [3.63, 3.8) is 0 Å². The Balaban J connectivity index is 1.95. The quantitative estimate of drug-likeness (QED) is 0.744. The van der Waals surface area contributed by atoms with Crippen LogP contribution in [0.3, 0.4) is 0 Å². The molecule has 0 aliphatic carbocycles. The van der Waals surface area contributed by atoms with Gasteiger partial charge in [0.15, 0.2) is 0 Å². The standard InChI is InChI=1S/C14H13NS/c16-14(9-12-5-2-1-3-6-12)10-13-7-4-8-15-11-13/h1-8,11H,9-10H2. The van der Waals surface area contributed by atoms with Gasteiger partial charge in [0.1, 0.15) is 0 Å². The first-order valence-electron chi connectivity index (χ1n) is 5.29. The number of benzene rings is 1. The molecule has 2 rings (SSSR count). The van der Waals surface area contributed by atoms with Crippen molar-refractivity contribution in [2.75, 3.05) is 0 Å². The van der Waals surface area contributed by atoms with Crippen LogP contribution in [-0.2, 0) is 12.8 Å². The molecule has 0 bridgehead atoms. The summed E-state index contributed by atoms with van der Waals surface area (Å²) in [7, 11) is 0. The third-order valence-corrected chi connectivity index (χ3v) is 2.66. The topological polar surface area (TPSA) is 12.9 Å².